The van der Waals surface area contributed by atoms with Crippen molar-refractivity contribution in [3.8, 4) is 0 Å². The van der Waals surface area contributed by atoms with E-state index in [0.29, 0.717) is 44.0 Å². The predicted octanol–water partition coefficient (Wildman–Crippen LogP) is 2.98. The summed E-state index contributed by atoms with van der Waals surface area (Å²) >= 11 is 0. The fourth-order valence-corrected chi connectivity index (χ4v) is 5.64. The lowest BCUT2D eigenvalue weighted by atomic mass is 9.67. The number of carbonyl (C=O) groups excluding carboxylic acids is 2. The van der Waals surface area contributed by atoms with Crippen LogP contribution in [-0.4, -0.2) is 95.5 Å². The Morgan fingerprint density at radius 3 is 1.73 bits per heavy atom. The predicted molar refractivity (Wildman–Crippen MR) is 192 cm³/mol. The third-order valence-corrected chi connectivity index (χ3v) is 8.27. The number of pyridine rings is 3. The average Bonchev–Trinajstić information content (AvgIpc) is 3.10. The van der Waals surface area contributed by atoms with Crippen molar-refractivity contribution in [3.63, 3.8) is 0 Å². The Labute approximate surface area is 298 Å². The molecule has 2 atom stereocenters. The second-order valence-electron chi connectivity index (χ2n) is 12.6. The maximum Gasteiger partial charge on any atom is 0.455 e. The molecule has 0 aliphatic heterocycles. The number of carboxylic acids is 1. The van der Waals surface area contributed by atoms with Gasteiger partial charge in [-0.15, -0.1) is 0 Å². The molecule has 4 aromatic rings. The molecule has 5 N–H and O–H groups in total. The highest BCUT2D eigenvalue weighted by Gasteiger charge is 2.27. The second kappa shape index (κ2) is 20.7. The van der Waals surface area contributed by atoms with Gasteiger partial charge in [-0.05, 0) is 66.9 Å². The zero-order chi connectivity index (χ0) is 36.4. The molecule has 4 rings (SSSR count). The summed E-state index contributed by atoms with van der Waals surface area (Å²) in [7, 11) is -1.77. The maximum atomic E-state index is 13.3. The van der Waals surface area contributed by atoms with Crippen molar-refractivity contribution in [3.05, 3.63) is 120 Å². The summed E-state index contributed by atoms with van der Waals surface area (Å²) in [6.07, 6.45) is 3.72. The van der Waals surface area contributed by atoms with Crippen LogP contribution in [0.2, 0.25) is 5.82 Å². The Bertz CT molecular complexity index is 1590. The lowest BCUT2D eigenvalue weighted by molar-refractivity contribution is -0.139. The highest BCUT2D eigenvalue weighted by Crippen LogP contribution is 2.23. The molecule has 0 saturated heterocycles. The summed E-state index contributed by atoms with van der Waals surface area (Å²) in [5, 5.41) is 41.0. The summed E-state index contributed by atoms with van der Waals surface area (Å²) in [6, 6.07) is 24.3. The summed E-state index contributed by atoms with van der Waals surface area (Å²) < 4.78 is 0. The van der Waals surface area contributed by atoms with E-state index in [4.69, 9.17) is 5.11 Å². The van der Waals surface area contributed by atoms with Crippen molar-refractivity contribution >= 4 is 30.5 Å². The third kappa shape index (κ3) is 14.9. The monoisotopic (exact) mass is 696 g/mol. The number of carboxylic acid groups (broad SMARTS) is 1. The van der Waals surface area contributed by atoms with Crippen LogP contribution < -0.4 is 5.32 Å². The topological polar surface area (TPSA) is 189 Å². The molecule has 0 spiro atoms. The maximum absolute atomic E-state index is 13.3. The molecule has 0 aliphatic carbocycles. The Kier molecular flexibility index (Phi) is 15.8. The van der Waals surface area contributed by atoms with Gasteiger partial charge in [-0.25, -0.2) is 0 Å². The van der Waals surface area contributed by atoms with Crippen molar-refractivity contribution in [1.29, 1.82) is 0 Å². The van der Waals surface area contributed by atoms with E-state index in [-0.39, 0.29) is 43.9 Å². The molecule has 3 heterocycles. The van der Waals surface area contributed by atoms with Gasteiger partial charge in [0, 0.05) is 75.7 Å². The van der Waals surface area contributed by atoms with Gasteiger partial charge >= 0.3 is 13.1 Å². The molecule has 1 aromatic carbocycles. The van der Waals surface area contributed by atoms with Crippen LogP contribution >= 0.6 is 0 Å². The zero-order valence-corrected chi connectivity index (χ0v) is 28.5. The number of benzene rings is 1. The summed E-state index contributed by atoms with van der Waals surface area (Å²) in [6.45, 7) is 3.04. The first-order valence-corrected chi connectivity index (χ1v) is 16.9. The van der Waals surface area contributed by atoms with Gasteiger partial charge in [-0.2, -0.15) is 0 Å². The highest BCUT2D eigenvalue weighted by molar-refractivity contribution is 6.43. The minimum Gasteiger partial charge on any atom is -0.481 e. The van der Waals surface area contributed by atoms with Gasteiger partial charge in [0.2, 0.25) is 5.91 Å². The van der Waals surface area contributed by atoms with E-state index < -0.39 is 31.4 Å². The molecule has 51 heavy (non-hydrogen) atoms. The van der Waals surface area contributed by atoms with Crippen molar-refractivity contribution in [2.45, 2.75) is 63.7 Å². The van der Waals surface area contributed by atoms with Crippen LogP contribution in [0.25, 0.3) is 0 Å². The summed E-state index contributed by atoms with van der Waals surface area (Å²) in [5.41, 5.74) is 3.97. The van der Waals surface area contributed by atoms with Gasteiger partial charge in [0.1, 0.15) is 5.78 Å². The van der Waals surface area contributed by atoms with Crippen molar-refractivity contribution < 1.29 is 34.6 Å². The SMILES string of the molecule is O=C(O)CC(O)CC[C@H](CC(=O)Cc1ccc(NC(=O)CN(CCN(Cc2ccccn2)Cc2ccccn2)Cc2ccccn2)cc1)B(O)O. The molecule has 3 aromatic heterocycles. The van der Waals surface area contributed by atoms with E-state index in [9.17, 15) is 29.5 Å². The number of carbonyl (C=O) groups is 3. The van der Waals surface area contributed by atoms with Crippen molar-refractivity contribution in [2.24, 2.45) is 0 Å². The number of amides is 1. The Hall–Kier alpha value is -4.86. The lowest BCUT2D eigenvalue weighted by Gasteiger charge is -2.27. The van der Waals surface area contributed by atoms with Gasteiger partial charge in [0.05, 0.1) is 36.2 Å². The number of rotatable bonds is 22. The molecule has 1 unspecified atom stereocenters. The number of aliphatic hydroxyl groups is 1. The Balaban J connectivity index is 1.33. The molecular formula is C37H45BN6O7. The Morgan fingerprint density at radius 1 is 0.706 bits per heavy atom. The largest absolute Gasteiger partial charge is 0.481 e. The van der Waals surface area contributed by atoms with E-state index in [1.807, 2.05) is 59.5 Å². The minimum atomic E-state index is -1.77. The standard InChI is InChI=1S/C37H45BN6O7/c45-34(23-37(48)49)15-12-29(38(50)51)22-35(46)21-28-10-13-30(14-11-28)42-36(47)27-44(26-33-9-3-6-18-41-33)20-19-43(24-31-7-1-4-16-39-31)25-32-8-2-5-17-40-32/h1-11,13-14,16-18,29,34,45,50-51H,12,15,19-27H2,(H,42,47)(H,48,49)/t29-,34?/m1/s1. The van der Waals surface area contributed by atoms with Crippen LogP contribution in [0.5, 0.6) is 0 Å². The van der Waals surface area contributed by atoms with E-state index in [1.165, 1.54) is 0 Å². The van der Waals surface area contributed by atoms with Gasteiger partial charge < -0.3 is 25.6 Å². The lowest BCUT2D eigenvalue weighted by Crippen LogP contribution is -2.39. The quantitative estimate of drug-likeness (QED) is 0.0757. The number of aromatic nitrogens is 3. The molecule has 0 bridgehead atoms. The number of hydrogen-bond acceptors (Lipinski definition) is 11. The van der Waals surface area contributed by atoms with Gasteiger partial charge in [0.25, 0.3) is 0 Å². The highest BCUT2D eigenvalue weighted by atomic mass is 16.4. The number of Topliss-reactive ketones (excluding diaryl/α,β-unsaturated/α-hetero) is 1. The molecule has 0 fully saturated rings. The first-order chi connectivity index (χ1) is 24.6. The smallest absolute Gasteiger partial charge is 0.455 e. The van der Waals surface area contributed by atoms with Gasteiger partial charge in [-0.3, -0.25) is 39.1 Å². The second-order valence-corrected chi connectivity index (χ2v) is 12.6. The summed E-state index contributed by atoms with van der Waals surface area (Å²) in [4.78, 5) is 54.6. The normalized spacial score (nSPS) is 12.4. The Morgan fingerprint density at radius 2 is 1.24 bits per heavy atom. The molecule has 0 aliphatic rings. The molecular weight excluding hydrogens is 651 g/mol. The first-order valence-electron chi connectivity index (χ1n) is 16.9. The van der Waals surface area contributed by atoms with Crippen LogP contribution in [0.4, 0.5) is 5.69 Å². The number of aliphatic hydroxyl groups excluding tert-OH is 1. The molecule has 0 radical (unpaired) electrons. The van der Waals surface area contributed by atoms with E-state index in [0.717, 1.165) is 17.1 Å². The van der Waals surface area contributed by atoms with E-state index >= 15 is 0 Å². The van der Waals surface area contributed by atoms with Gasteiger partial charge in [0.15, 0.2) is 0 Å². The van der Waals surface area contributed by atoms with Crippen LogP contribution in [0.15, 0.2) is 97.5 Å². The van der Waals surface area contributed by atoms with Crippen LogP contribution in [0, 0.1) is 0 Å². The number of aliphatic carboxylic acids is 1. The minimum absolute atomic E-state index is 0.0319. The zero-order valence-electron chi connectivity index (χ0n) is 28.5. The first kappa shape index (κ1) is 38.9. The van der Waals surface area contributed by atoms with Crippen molar-refractivity contribution in [2.75, 3.05) is 25.0 Å². The third-order valence-electron chi connectivity index (χ3n) is 8.27. The van der Waals surface area contributed by atoms with Crippen LogP contribution in [-0.2, 0) is 40.4 Å². The van der Waals surface area contributed by atoms with Gasteiger partial charge in [-0.1, -0.05) is 30.3 Å². The number of hydrogen-bond donors (Lipinski definition) is 5. The molecule has 268 valence electrons. The molecule has 14 heteroatoms. The van der Waals surface area contributed by atoms with Crippen LogP contribution in [0.3, 0.4) is 0 Å². The number of nitrogens with zero attached hydrogens (tertiary/aromatic N) is 5. The molecule has 0 saturated carbocycles. The van der Waals surface area contributed by atoms with E-state index in [2.05, 4.69) is 25.2 Å². The van der Waals surface area contributed by atoms with Crippen LogP contribution in [0.1, 0.15) is 48.3 Å². The number of anilines is 1. The molecule has 13 nitrogen and oxygen atoms in total. The molecule has 1 amide bonds. The number of ketones is 1. The van der Waals surface area contributed by atoms with E-state index in [1.54, 1.807) is 42.9 Å². The average molecular weight is 697 g/mol. The number of nitrogens with one attached hydrogen (secondary N) is 1. The fraction of sp³-hybridized carbons (Fsp3) is 0.351. The fourth-order valence-electron chi connectivity index (χ4n) is 5.64. The van der Waals surface area contributed by atoms with Crippen molar-refractivity contribution in [1.82, 2.24) is 24.8 Å². The summed E-state index contributed by atoms with van der Waals surface area (Å²) in [5.74, 6) is -2.42.